The minimum atomic E-state index is -0.982. The molecule has 0 bridgehead atoms. The average Bonchev–Trinajstić information content (AvgIpc) is 2.36. The van der Waals surface area contributed by atoms with Crippen LogP contribution in [0.15, 0.2) is 30.3 Å². The number of anilines is 1. The van der Waals surface area contributed by atoms with Crippen molar-refractivity contribution in [1.29, 1.82) is 0 Å². The van der Waals surface area contributed by atoms with Gasteiger partial charge in [-0.15, -0.1) is 0 Å². The molecule has 2 N–H and O–H groups in total. The third-order valence-corrected chi connectivity index (χ3v) is 2.66. The maximum absolute atomic E-state index is 11.6. The molecule has 0 aliphatic carbocycles. The van der Waals surface area contributed by atoms with Crippen LogP contribution in [-0.2, 0) is 9.59 Å². The van der Waals surface area contributed by atoms with Crippen molar-refractivity contribution in [2.24, 2.45) is 5.92 Å². The maximum Gasteiger partial charge on any atom is 0.328 e. The van der Waals surface area contributed by atoms with Crippen LogP contribution in [0.1, 0.15) is 25.8 Å². The predicted molar refractivity (Wildman–Crippen MR) is 71.2 cm³/mol. The number of hydrogen-bond donors (Lipinski definition) is 2. The summed E-state index contributed by atoms with van der Waals surface area (Å²) in [5.41, 5.74) is 1.49. The van der Waals surface area contributed by atoms with E-state index in [1.807, 2.05) is 13.8 Å². The summed E-state index contributed by atoms with van der Waals surface area (Å²) < 4.78 is 0. The van der Waals surface area contributed by atoms with Crippen molar-refractivity contribution >= 4 is 23.6 Å². The fraction of sp³-hybridized carbons (Fsp3) is 0.286. The Morgan fingerprint density at radius 2 is 1.94 bits per heavy atom. The first kappa shape index (κ1) is 14.0. The molecule has 1 aromatic carbocycles. The predicted octanol–water partition coefficient (Wildman–Crippen LogP) is 2.77. The SMILES string of the molecule is CCC(C)C(=O)Nc1ccc(/C=C/C(=O)O)cc1. The normalized spacial score (nSPS) is 12.3. The van der Waals surface area contributed by atoms with Crippen LogP contribution in [0.3, 0.4) is 0 Å². The van der Waals surface area contributed by atoms with Crippen molar-refractivity contribution < 1.29 is 14.7 Å². The van der Waals surface area contributed by atoms with Gasteiger partial charge in [0, 0.05) is 17.7 Å². The second-order valence-corrected chi connectivity index (χ2v) is 4.09. The molecule has 0 radical (unpaired) electrons. The Morgan fingerprint density at radius 3 is 2.44 bits per heavy atom. The number of carbonyl (C=O) groups excluding carboxylic acids is 1. The number of carboxylic acid groups (broad SMARTS) is 1. The summed E-state index contributed by atoms with van der Waals surface area (Å²) >= 11 is 0. The Morgan fingerprint density at radius 1 is 1.33 bits per heavy atom. The number of rotatable bonds is 5. The van der Waals surface area contributed by atoms with E-state index in [0.29, 0.717) is 5.69 Å². The van der Waals surface area contributed by atoms with Gasteiger partial charge in [-0.25, -0.2) is 4.79 Å². The van der Waals surface area contributed by atoms with E-state index < -0.39 is 5.97 Å². The fourth-order valence-corrected chi connectivity index (χ4v) is 1.30. The first-order valence-corrected chi connectivity index (χ1v) is 5.85. The second kappa shape index (κ2) is 6.59. The lowest BCUT2D eigenvalue weighted by molar-refractivity contribution is -0.131. The van der Waals surface area contributed by atoms with E-state index in [9.17, 15) is 9.59 Å². The number of hydrogen-bond acceptors (Lipinski definition) is 2. The molecule has 96 valence electrons. The van der Waals surface area contributed by atoms with Gasteiger partial charge in [0.1, 0.15) is 0 Å². The highest BCUT2D eigenvalue weighted by atomic mass is 16.4. The van der Waals surface area contributed by atoms with Gasteiger partial charge in [-0.05, 0) is 30.2 Å². The van der Waals surface area contributed by atoms with E-state index >= 15 is 0 Å². The van der Waals surface area contributed by atoms with Crippen molar-refractivity contribution in [3.05, 3.63) is 35.9 Å². The lowest BCUT2D eigenvalue weighted by Crippen LogP contribution is -2.19. The number of benzene rings is 1. The number of amides is 1. The van der Waals surface area contributed by atoms with E-state index in [4.69, 9.17) is 5.11 Å². The molecule has 0 aliphatic heterocycles. The summed E-state index contributed by atoms with van der Waals surface area (Å²) in [7, 11) is 0. The van der Waals surface area contributed by atoms with Crippen LogP contribution in [0.25, 0.3) is 6.08 Å². The smallest absolute Gasteiger partial charge is 0.328 e. The fourth-order valence-electron chi connectivity index (χ4n) is 1.30. The van der Waals surface area contributed by atoms with Gasteiger partial charge in [0.05, 0.1) is 0 Å². The van der Waals surface area contributed by atoms with Crippen LogP contribution < -0.4 is 5.32 Å². The molecular formula is C14H17NO3. The molecule has 0 spiro atoms. The molecule has 0 fully saturated rings. The van der Waals surface area contributed by atoms with Crippen molar-refractivity contribution in [3.63, 3.8) is 0 Å². The van der Waals surface area contributed by atoms with E-state index in [0.717, 1.165) is 18.1 Å². The number of nitrogens with one attached hydrogen (secondary N) is 1. The largest absolute Gasteiger partial charge is 0.478 e. The Hall–Kier alpha value is -2.10. The molecule has 1 atom stereocenters. The molecule has 18 heavy (non-hydrogen) atoms. The summed E-state index contributed by atoms with van der Waals surface area (Å²) in [5, 5.41) is 11.3. The molecule has 0 heterocycles. The maximum atomic E-state index is 11.6. The van der Waals surface area contributed by atoms with Crippen LogP contribution >= 0.6 is 0 Å². The van der Waals surface area contributed by atoms with E-state index in [1.54, 1.807) is 24.3 Å². The Labute approximate surface area is 106 Å². The first-order valence-electron chi connectivity index (χ1n) is 5.85. The highest BCUT2D eigenvalue weighted by Gasteiger charge is 2.09. The molecule has 0 saturated carbocycles. The monoisotopic (exact) mass is 247 g/mol. The number of aliphatic carboxylic acids is 1. The highest BCUT2D eigenvalue weighted by Crippen LogP contribution is 2.13. The summed E-state index contributed by atoms with van der Waals surface area (Å²) in [6.07, 6.45) is 3.38. The lowest BCUT2D eigenvalue weighted by atomic mass is 10.1. The van der Waals surface area contributed by atoms with Crippen molar-refractivity contribution in [2.45, 2.75) is 20.3 Å². The van der Waals surface area contributed by atoms with Crippen molar-refractivity contribution in [3.8, 4) is 0 Å². The van der Waals surface area contributed by atoms with Crippen LogP contribution in [-0.4, -0.2) is 17.0 Å². The highest BCUT2D eigenvalue weighted by molar-refractivity contribution is 5.92. The van der Waals surface area contributed by atoms with Gasteiger partial charge in [0.15, 0.2) is 0 Å². The number of carbonyl (C=O) groups is 2. The van der Waals surface area contributed by atoms with Crippen LogP contribution in [0, 0.1) is 5.92 Å². The zero-order valence-corrected chi connectivity index (χ0v) is 10.5. The molecule has 4 heteroatoms. The molecule has 4 nitrogen and oxygen atoms in total. The average molecular weight is 247 g/mol. The lowest BCUT2D eigenvalue weighted by Gasteiger charge is -2.09. The van der Waals surface area contributed by atoms with Gasteiger partial charge >= 0.3 is 5.97 Å². The third kappa shape index (κ3) is 4.41. The zero-order valence-electron chi connectivity index (χ0n) is 10.5. The minimum Gasteiger partial charge on any atom is -0.478 e. The molecule has 1 aromatic rings. The van der Waals surface area contributed by atoms with E-state index in [1.165, 1.54) is 6.08 Å². The Bertz CT molecular complexity index is 449. The minimum absolute atomic E-state index is 0.00803. The van der Waals surface area contributed by atoms with Gasteiger partial charge in [-0.1, -0.05) is 26.0 Å². The van der Waals surface area contributed by atoms with Crippen LogP contribution in [0.5, 0.6) is 0 Å². The molecule has 0 aromatic heterocycles. The summed E-state index contributed by atoms with van der Waals surface area (Å²) in [4.78, 5) is 22.0. The van der Waals surface area contributed by atoms with Crippen molar-refractivity contribution in [2.75, 3.05) is 5.32 Å². The summed E-state index contributed by atoms with van der Waals surface area (Å²) in [6, 6.07) is 7.01. The van der Waals surface area contributed by atoms with Crippen LogP contribution in [0.2, 0.25) is 0 Å². The van der Waals surface area contributed by atoms with E-state index in [2.05, 4.69) is 5.32 Å². The molecular weight excluding hydrogens is 230 g/mol. The quantitative estimate of drug-likeness (QED) is 0.786. The third-order valence-electron chi connectivity index (χ3n) is 2.66. The summed E-state index contributed by atoms with van der Waals surface area (Å²) in [6.45, 7) is 3.84. The zero-order chi connectivity index (χ0) is 13.5. The first-order chi connectivity index (χ1) is 8.52. The second-order valence-electron chi connectivity index (χ2n) is 4.09. The van der Waals surface area contributed by atoms with Gasteiger partial charge in [-0.2, -0.15) is 0 Å². The number of carboxylic acids is 1. The molecule has 0 aliphatic rings. The topological polar surface area (TPSA) is 66.4 Å². The van der Waals surface area contributed by atoms with Crippen molar-refractivity contribution in [1.82, 2.24) is 0 Å². The van der Waals surface area contributed by atoms with E-state index in [-0.39, 0.29) is 11.8 Å². The van der Waals surface area contributed by atoms with Crippen LogP contribution in [0.4, 0.5) is 5.69 Å². The van der Waals surface area contributed by atoms with Gasteiger partial charge < -0.3 is 10.4 Å². The van der Waals surface area contributed by atoms with Gasteiger partial charge in [0.2, 0.25) is 5.91 Å². The standard InChI is InChI=1S/C14H17NO3/c1-3-10(2)14(18)15-12-7-4-11(5-8-12)6-9-13(16)17/h4-10H,3H2,1-2H3,(H,15,18)(H,16,17)/b9-6+. The Kier molecular flexibility index (Phi) is 5.11. The molecule has 0 saturated heterocycles. The molecule has 1 amide bonds. The Balaban J connectivity index is 2.66. The summed E-state index contributed by atoms with van der Waals surface area (Å²) in [5.74, 6) is -1.01. The molecule has 1 unspecified atom stereocenters. The van der Waals surface area contributed by atoms with Gasteiger partial charge in [-0.3, -0.25) is 4.79 Å². The van der Waals surface area contributed by atoms with Gasteiger partial charge in [0.25, 0.3) is 0 Å². The molecule has 1 rings (SSSR count).